The lowest BCUT2D eigenvalue weighted by Gasteiger charge is -2.12. The van der Waals surface area contributed by atoms with Gasteiger partial charge in [-0.2, -0.15) is 5.10 Å². The molecular weight excluding hydrogens is 380 g/mol. The molecule has 0 aliphatic heterocycles. The molecule has 1 aromatic carbocycles. The van der Waals surface area contributed by atoms with Crippen molar-refractivity contribution in [2.75, 3.05) is 13.2 Å². The fraction of sp³-hybridized carbons (Fsp3) is 0.286. The number of esters is 1. The predicted molar refractivity (Wildman–Crippen MR) is 103 cm³/mol. The molecule has 8 heteroatoms. The molecule has 29 heavy (non-hydrogen) atoms. The van der Waals surface area contributed by atoms with Crippen molar-refractivity contribution in [3.63, 3.8) is 0 Å². The van der Waals surface area contributed by atoms with Crippen molar-refractivity contribution in [1.82, 2.24) is 14.8 Å². The van der Waals surface area contributed by atoms with Crippen molar-refractivity contribution in [3.05, 3.63) is 60.1 Å². The number of benzene rings is 1. The van der Waals surface area contributed by atoms with Gasteiger partial charge in [-0.05, 0) is 55.7 Å². The van der Waals surface area contributed by atoms with Crippen LogP contribution in [0.5, 0.6) is 5.75 Å². The molecule has 0 bridgehead atoms. The van der Waals surface area contributed by atoms with E-state index in [0.717, 1.165) is 5.56 Å². The number of aryl methyl sites for hydroxylation is 1. The maximum absolute atomic E-state index is 14.5. The Balaban J connectivity index is 1.79. The molecule has 152 valence electrons. The number of rotatable bonds is 8. The summed E-state index contributed by atoms with van der Waals surface area (Å²) in [4.78, 5) is 15.6. The lowest BCUT2D eigenvalue weighted by atomic mass is 10.1. The van der Waals surface area contributed by atoms with Crippen LogP contribution in [0.4, 0.5) is 8.78 Å². The Bertz CT molecular complexity index is 981. The number of halogens is 2. The molecule has 0 amide bonds. The lowest BCUT2D eigenvalue weighted by Crippen LogP contribution is -2.08. The van der Waals surface area contributed by atoms with Crippen molar-refractivity contribution in [3.8, 4) is 22.7 Å². The Morgan fingerprint density at radius 3 is 2.66 bits per heavy atom. The standard InChI is InChI=1S/C21H21F2N3O3/c1-3-28-19(27)7-5-9-29-20-17(22)10-15(11-18(20)23)16-6-4-8-24-21(16)26-13-14(2)12-25-26/h4,6,8,10-13H,3,5,7,9H2,1-2H3. The van der Waals surface area contributed by atoms with Gasteiger partial charge in [0.25, 0.3) is 0 Å². The third kappa shape index (κ3) is 4.96. The van der Waals surface area contributed by atoms with E-state index in [-0.39, 0.29) is 19.0 Å². The van der Waals surface area contributed by atoms with E-state index < -0.39 is 17.4 Å². The molecule has 0 spiro atoms. The van der Waals surface area contributed by atoms with Crippen molar-refractivity contribution < 1.29 is 23.0 Å². The fourth-order valence-corrected chi connectivity index (χ4v) is 2.81. The molecule has 2 aromatic heterocycles. The van der Waals surface area contributed by atoms with Gasteiger partial charge in [0.05, 0.1) is 19.4 Å². The topological polar surface area (TPSA) is 66.2 Å². The molecule has 0 radical (unpaired) electrons. The summed E-state index contributed by atoms with van der Waals surface area (Å²) in [6, 6.07) is 5.79. The van der Waals surface area contributed by atoms with Gasteiger partial charge in [-0.15, -0.1) is 0 Å². The van der Waals surface area contributed by atoms with Crippen LogP contribution >= 0.6 is 0 Å². The van der Waals surface area contributed by atoms with Crippen LogP contribution in [0.2, 0.25) is 0 Å². The van der Waals surface area contributed by atoms with E-state index in [4.69, 9.17) is 9.47 Å². The van der Waals surface area contributed by atoms with E-state index in [2.05, 4.69) is 10.1 Å². The fourth-order valence-electron chi connectivity index (χ4n) is 2.81. The number of carbonyl (C=O) groups is 1. The van der Waals surface area contributed by atoms with Gasteiger partial charge in [0.2, 0.25) is 0 Å². The molecule has 0 fully saturated rings. The van der Waals surface area contributed by atoms with Gasteiger partial charge in [-0.3, -0.25) is 4.79 Å². The number of pyridine rings is 1. The summed E-state index contributed by atoms with van der Waals surface area (Å²) in [5, 5.41) is 4.22. The van der Waals surface area contributed by atoms with Gasteiger partial charge >= 0.3 is 5.97 Å². The molecule has 0 aliphatic rings. The van der Waals surface area contributed by atoms with Crippen LogP contribution < -0.4 is 4.74 Å². The molecular formula is C21H21F2N3O3. The first-order valence-electron chi connectivity index (χ1n) is 9.24. The van der Waals surface area contributed by atoms with Crippen LogP contribution in [0.25, 0.3) is 16.9 Å². The summed E-state index contributed by atoms with van der Waals surface area (Å²) in [6.07, 6.45) is 5.46. The Morgan fingerprint density at radius 2 is 2.00 bits per heavy atom. The van der Waals surface area contributed by atoms with E-state index in [0.29, 0.717) is 30.0 Å². The summed E-state index contributed by atoms with van der Waals surface area (Å²) in [5.41, 5.74) is 1.78. The minimum Gasteiger partial charge on any atom is -0.488 e. The third-order valence-electron chi connectivity index (χ3n) is 4.10. The SMILES string of the molecule is CCOC(=O)CCCOc1c(F)cc(-c2cccnc2-n2cc(C)cn2)cc1F. The summed E-state index contributed by atoms with van der Waals surface area (Å²) in [6.45, 7) is 3.89. The average molecular weight is 401 g/mol. The number of ether oxygens (including phenoxy) is 2. The van der Waals surface area contributed by atoms with E-state index in [1.165, 1.54) is 12.1 Å². The Kier molecular flexibility index (Phi) is 6.54. The lowest BCUT2D eigenvalue weighted by molar-refractivity contribution is -0.143. The molecule has 6 nitrogen and oxygen atoms in total. The summed E-state index contributed by atoms with van der Waals surface area (Å²) >= 11 is 0. The third-order valence-corrected chi connectivity index (χ3v) is 4.10. The zero-order valence-electron chi connectivity index (χ0n) is 16.2. The molecule has 2 heterocycles. The Morgan fingerprint density at radius 1 is 1.24 bits per heavy atom. The maximum atomic E-state index is 14.5. The number of nitrogens with zero attached hydrogens (tertiary/aromatic N) is 3. The Labute approximate surface area is 167 Å². The molecule has 0 N–H and O–H groups in total. The highest BCUT2D eigenvalue weighted by molar-refractivity contribution is 5.71. The highest BCUT2D eigenvalue weighted by Gasteiger charge is 2.17. The van der Waals surface area contributed by atoms with Crippen molar-refractivity contribution in [2.24, 2.45) is 0 Å². The number of hydrogen-bond donors (Lipinski definition) is 0. The minimum absolute atomic E-state index is 0.00327. The summed E-state index contributed by atoms with van der Waals surface area (Å²) in [5.74, 6) is -2.05. The molecule has 0 unspecified atom stereocenters. The van der Waals surface area contributed by atoms with Crippen molar-refractivity contribution in [1.29, 1.82) is 0 Å². The van der Waals surface area contributed by atoms with Gasteiger partial charge in [0, 0.05) is 24.4 Å². The number of carbonyl (C=O) groups excluding carboxylic acids is 1. The van der Waals surface area contributed by atoms with Crippen LogP contribution in [-0.4, -0.2) is 33.9 Å². The van der Waals surface area contributed by atoms with E-state index in [1.54, 1.807) is 42.3 Å². The normalized spacial score (nSPS) is 10.8. The number of hydrogen-bond acceptors (Lipinski definition) is 5. The van der Waals surface area contributed by atoms with Crippen LogP contribution in [0.15, 0.2) is 42.9 Å². The molecule has 0 saturated carbocycles. The summed E-state index contributed by atoms with van der Waals surface area (Å²) < 4.78 is 40.7. The van der Waals surface area contributed by atoms with Crippen LogP contribution in [0.3, 0.4) is 0 Å². The molecule has 0 aliphatic carbocycles. The monoisotopic (exact) mass is 401 g/mol. The second-order valence-electron chi connectivity index (χ2n) is 6.36. The second-order valence-corrected chi connectivity index (χ2v) is 6.36. The highest BCUT2D eigenvalue weighted by atomic mass is 19.1. The molecule has 3 rings (SSSR count). The summed E-state index contributed by atoms with van der Waals surface area (Å²) in [7, 11) is 0. The maximum Gasteiger partial charge on any atom is 0.305 e. The highest BCUT2D eigenvalue weighted by Crippen LogP contribution is 2.31. The first kappa shape index (κ1) is 20.4. The predicted octanol–water partition coefficient (Wildman–Crippen LogP) is 4.24. The van der Waals surface area contributed by atoms with Gasteiger partial charge in [0.15, 0.2) is 23.2 Å². The zero-order chi connectivity index (χ0) is 20.8. The van der Waals surface area contributed by atoms with E-state index >= 15 is 0 Å². The Hall–Kier alpha value is -3.29. The van der Waals surface area contributed by atoms with Crippen molar-refractivity contribution in [2.45, 2.75) is 26.7 Å². The van der Waals surface area contributed by atoms with Crippen molar-refractivity contribution >= 4 is 5.97 Å². The van der Waals surface area contributed by atoms with Crippen LogP contribution in [0, 0.1) is 18.6 Å². The first-order chi connectivity index (χ1) is 14.0. The van der Waals surface area contributed by atoms with Gasteiger partial charge in [0.1, 0.15) is 0 Å². The number of aromatic nitrogens is 3. The average Bonchev–Trinajstić information content (AvgIpc) is 3.13. The van der Waals surface area contributed by atoms with Crippen LogP contribution in [-0.2, 0) is 9.53 Å². The van der Waals surface area contributed by atoms with Crippen LogP contribution in [0.1, 0.15) is 25.3 Å². The van der Waals surface area contributed by atoms with Gasteiger partial charge < -0.3 is 9.47 Å². The quantitative estimate of drug-likeness (QED) is 0.417. The first-order valence-corrected chi connectivity index (χ1v) is 9.24. The van der Waals surface area contributed by atoms with Gasteiger partial charge in [-0.1, -0.05) is 0 Å². The largest absolute Gasteiger partial charge is 0.488 e. The van der Waals surface area contributed by atoms with E-state index in [1.807, 2.05) is 6.92 Å². The smallest absolute Gasteiger partial charge is 0.305 e. The molecule has 0 atom stereocenters. The molecule has 3 aromatic rings. The molecule has 0 saturated heterocycles. The van der Waals surface area contributed by atoms with Gasteiger partial charge in [-0.25, -0.2) is 18.4 Å². The zero-order valence-corrected chi connectivity index (χ0v) is 16.2. The minimum atomic E-state index is -0.831. The second kappa shape index (κ2) is 9.27. The van der Waals surface area contributed by atoms with E-state index in [9.17, 15) is 13.6 Å².